The summed E-state index contributed by atoms with van der Waals surface area (Å²) >= 11 is 0. The number of nitrogens with zero attached hydrogens (tertiary/aromatic N) is 2. The number of benzene rings is 2. The van der Waals surface area contributed by atoms with Crippen LogP contribution in [0.25, 0.3) is 0 Å². The maximum absolute atomic E-state index is 13.3. The molecule has 1 aliphatic heterocycles. The van der Waals surface area contributed by atoms with Gasteiger partial charge in [-0.2, -0.15) is 8.78 Å². The fraction of sp³-hybridized carbons (Fsp3) is 0.350. The lowest BCUT2D eigenvalue weighted by atomic mass is 10.0. The molecule has 2 aromatic rings. The highest BCUT2D eigenvalue weighted by atomic mass is 19.3. The largest absolute Gasteiger partial charge is 0.493 e. The van der Waals surface area contributed by atoms with E-state index in [1.807, 2.05) is 37.4 Å². The minimum Gasteiger partial charge on any atom is -0.493 e. The molecule has 2 aromatic carbocycles. The van der Waals surface area contributed by atoms with Gasteiger partial charge < -0.3 is 19.3 Å². The van der Waals surface area contributed by atoms with Gasteiger partial charge in [-0.25, -0.2) is 0 Å². The maximum Gasteiger partial charge on any atom is 0.387 e. The molecular formula is C20H22F2N2O3. The van der Waals surface area contributed by atoms with Crippen molar-refractivity contribution in [3.05, 3.63) is 59.7 Å². The van der Waals surface area contributed by atoms with E-state index in [0.29, 0.717) is 19.6 Å². The first-order chi connectivity index (χ1) is 13.0. The number of hydrogen-bond acceptors (Lipinski definition) is 4. The van der Waals surface area contributed by atoms with Gasteiger partial charge in [0.25, 0.3) is 5.91 Å². The number of halogens is 2. The summed E-state index contributed by atoms with van der Waals surface area (Å²) in [5.41, 5.74) is 1.07. The van der Waals surface area contributed by atoms with E-state index in [1.54, 1.807) is 11.0 Å². The van der Waals surface area contributed by atoms with Gasteiger partial charge >= 0.3 is 6.61 Å². The van der Waals surface area contributed by atoms with Gasteiger partial charge in [-0.1, -0.05) is 36.4 Å². The van der Waals surface area contributed by atoms with Crippen molar-refractivity contribution in [1.29, 1.82) is 0 Å². The molecule has 0 saturated carbocycles. The van der Waals surface area contributed by atoms with Crippen molar-refractivity contribution in [3.8, 4) is 11.5 Å². The van der Waals surface area contributed by atoms with Crippen LogP contribution < -0.4 is 9.47 Å². The molecule has 0 spiro atoms. The molecule has 7 heteroatoms. The van der Waals surface area contributed by atoms with Crippen LogP contribution in [0.4, 0.5) is 8.78 Å². The fourth-order valence-electron chi connectivity index (χ4n) is 3.33. The van der Waals surface area contributed by atoms with Gasteiger partial charge in [0.1, 0.15) is 0 Å². The number of carbonyl (C=O) groups excluding carboxylic acids is 1. The average molecular weight is 376 g/mol. The van der Waals surface area contributed by atoms with Crippen LogP contribution in [0.15, 0.2) is 48.5 Å². The first kappa shape index (κ1) is 19.1. The van der Waals surface area contributed by atoms with Crippen LogP contribution in [0, 0.1) is 0 Å². The van der Waals surface area contributed by atoms with Gasteiger partial charge in [0.05, 0.1) is 18.7 Å². The number of piperazine rings is 1. The lowest BCUT2D eigenvalue weighted by Gasteiger charge is -2.40. The highest BCUT2D eigenvalue weighted by Gasteiger charge is 2.33. The standard InChI is InChI=1S/C20H22F2N2O3/c1-23-11-12-24(16(13-23)14-7-4-3-5-8-14)19(25)15-9-6-10-17(26-2)18(15)27-20(21)22/h3-10,16,20H,11-13H2,1-2H3. The Morgan fingerprint density at radius 2 is 1.85 bits per heavy atom. The smallest absolute Gasteiger partial charge is 0.387 e. The van der Waals surface area contributed by atoms with Crippen molar-refractivity contribution in [2.24, 2.45) is 0 Å². The summed E-state index contributed by atoms with van der Waals surface area (Å²) < 4.78 is 35.6. The maximum atomic E-state index is 13.3. The zero-order valence-electron chi connectivity index (χ0n) is 15.3. The van der Waals surface area contributed by atoms with Crippen molar-refractivity contribution < 1.29 is 23.0 Å². The number of likely N-dealkylation sites (N-methyl/N-ethyl adjacent to an activating group) is 1. The zero-order valence-corrected chi connectivity index (χ0v) is 15.3. The van der Waals surface area contributed by atoms with E-state index in [4.69, 9.17) is 4.74 Å². The van der Waals surface area contributed by atoms with Gasteiger partial charge in [0, 0.05) is 19.6 Å². The summed E-state index contributed by atoms with van der Waals surface area (Å²) in [4.78, 5) is 17.1. The number of alkyl halides is 2. The minimum absolute atomic E-state index is 0.0696. The molecule has 1 heterocycles. The molecule has 0 bridgehead atoms. The highest BCUT2D eigenvalue weighted by Crippen LogP contribution is 2.35. The summed E-state index contributed by atoms with van der Waals surface area (Å²) in [7, 11) is 3.35. The predicted molar refractivity (Wildman–Crippen MR) is 97.3 cm³/mol. The van der Waals surface area contributed by atoms with E-state index < -0.39 is 6.61 Å². The van der Waals surface area contributed by atoms with Crippen LogP contribution >= 0.6 is 0 Å². The number of para-hydroxylation sites is 1. The number of amides is 1. The molecule has 144 valence electrons. The Balaban J connectivity index is 1.98. The SMILES string of the molecule is COc1cccc(C(=O)N2CCN(C)CC2c2ccccc2)c1OC(F)F. The molecule has 1 saturated heterocycles. The lowest BCUT2D eigenvalue weighted by molar-refractivity contribution is -0.0517. The molecule has 3 rings (SSSR count). The third kappa shape index (κ3) is 4.19. The summed E-state index contributed by atoms with van der Waals surface area (Å²) in [6, 6.07) is 14.1. The molecule has 0 N–H and O–H groups in total. The summed E-state index contributed by atoms with van der Waals surface area (Å²) in [6.07, 6.45) is 0. The van der Waals surface area contributed by atoms with E-state index in [0.717, 1.165) is 5.56 Å². The monoisotopic (exact) mass is 376 g/mol. The second-order valence-electron chi connectivity index (χ2n) is 6.40. The molecule has 1 unspecified atom stereocenters. The Kier molecular flexibility index (Phi) is 5.91. The van der Waals surface area contributed by atoms with Gasteiger partial charge in [0.15, 0.2) is 11.5 Å². The highest BCUT2D eigenvalue weighted by molar-refractivity contribution is 5.98. The van der Waals surface area contributed by atoms with E-state index in [1.165, 1.54) is 19.2 Å². The quantitative estimate of drug-likeness (QED) is 0.802. The third-order valence-corrected chi connectivity index (χ3v) is 4.66. The summed E-state index contributed by atoms with van der Waals surface area (Å²) in [5, 5.41) is 0. The molecule has 1 fully saturated rings. The number of rotatable bonds is 5. The average Bonchev–Trinajstić information content (AvgIpc) is 2.68. The van der Waals surface area contributed by atoms with Crippen molar-refractivity contribution >= 4 is 5.91 Å². The lowest BCUT2D eigenvalue weighted by Crippen LogP contribution is -2.49. The predicted octanol–water partition coefficient (Wildman–Crippen LogP) is 3.43. The number of ether oxygens (including phenoxy) is 2. The van der Waals surface area contributed by atoms with Crippen LogP contribution in [0.2, 0.25) is 0 Å². The zero-order chi connectivity index (χ0) is 19.4. The van der Waals surface area contributed by atoms with Crippen LogP contribution in [-0.2, 0) is 0 Å². The Morgan fingerprint density at radius 3 is 2.52 bits per heavy atom. The number of methoxy groups -OCH3 is 1. The van der Waals surface area contributed by atoms with Gasteiger partial charge in [-0.05, 0) is 24.7 Å². The van der Waals surface area contributed by atoms with E-state index >= 15 is 0 Å². The van der Waals surface area contributed by atoms with E-state index in [2.05, 4.69) is 9.64 Å². The molecule has 1 aliphatic rings. The normalized spacial score (nSPS) is 17.8. The van der Waals surface area contributed by atoms with Gasteiger partial charge in [-0.15, -0.1) is 0 Å². The van der Waals surface area contributed by atoms with Crippen molar-refractivity contribution in [3.63, 3.8) is 0 Å². The van der Waals surface area contributed by atoms with Gasteiger partial charge in [-0.3, -0.25) is 4.79 Å². The Labute approximate surface area is 157 Å². The van der Waals surface area contributed by atoms with Crippen LogP contribution in [0.3, 0.4) is 0 Å². The van der Waals surface area contributed by atoms with E-state index in [-0.39, 0.29) is 29.0 Å². The van der Waals surface area contributed by atoms with Crippen LogP contribution in [-0.4, -0.2) is 56.1 Å². The fourth-order valence-corrected chi connectivity index (χ4v) is 3.33. The molecule has 0 aliphatic carbocycles. The Bertz CT molecular complexity index is 786. The Hall–Kier alpha value is -2.67. The molecule has 1 atom stereocenters. The van der Waals surface area contributed by atoms with Gasteiger partial charge in [0.2, 0.25) is 0 Å². The van der Waals surface area contributed by atoms with Crippen LogP contribution in [0.5, 0.6) is 11.5 Å². The van der Waals surface area contributed by atoms with Crippen molar-refractivity contribution in [2.75, 3.05) is 33.8 Å². The molecular weight excluding hydrogens is 354 g/mol. The van der Waals surface area contributed by atoms with Crippen LogP contribution in [0.1, 0.15) is 22.0 Å². The number of carbonyl (C=O) groups is 1. The topological polar surface area (TPSA) is 42.0 Å². The van der Waals surface area contributed by atoms with Crippen molar-refractivity contribution in [1.82, 2.24) is 9.80 Å². The summed E-state index contributed by atoms with van der Waals surface area (Å²) in [5.74, 6) is -0.483. The first-order valence-corrected chi connectivity index (χ1v) is 8.67. The van der Waals surface area contributed by atoms with E-state index in [9.17, 15) is 13.6 Å². The Morgan fingerprint density at radius 1 is 1.11 bits per heavy atom. The molecule has 0 radical (unpaired) electrons. The summed E-state index contributed by atoms with van der Waals surface area (Å²) in [6.45, 7) is -1.21. The van der Waals surface area contributed by atoms with Crippen molar-refractivity contribution in [2.45, 2.75) is 12.7 Å². The molecule has 1 amide bonds. The molecule has 5 nitrogen and oxygen atoms in total. The number of hydrogen-bond donors (Lipinski definition) is 0. The molecule has 27 heavy (non-hydrogen) atoms. The second-order valence-corrected chi connectivity index (χ2v) is 6.40. The second kappa shape index (κ2) is 8.35. The minimum atomic E-state index is -3.05. The third-order valence-electron chi connectivity index (χ3n) is 4.66. The first-order valence-electron chi connectivity index (χ1n) is 8.67. The molecule has 0 aromatic heterocycles.